The van der Waals surface area contributed by atoms with Crippen molar-refractivity contribution in [2.24, 2.45) is 20.0 Å². The van der Waals surface area contributed by atoms with Crippen LogP contribution in [0, 0.1) is 0 Å². The van der Waals surface area contributed by atoms with Crippen LogP contribution in [-0.2, 0) is 0 Å². The molecule has 1 saturated heterocycles. The minimum Gasteiger partial charge on any atom is -0.445 e. The zero-order chi connectivity index (χ0) is 36.3. The van der Waals surface area contributed by atoms with E-state index in [0.29, 0.717) is 29.7 Å². The Morgan fingerprint density at radius 1 is 0.600 bits per heavy atom. The molecular formula is C45H46N8O2. The molecular weight excluding hydrogens is 685 g/mol. The SMILES string of the molecule is C1=NC2=NC(c3ccc(N4CCCCC4)cc3Nc3ccc(C4CC4)o3)=CC3=CC(c4ccc(C5CCCCC5)cc4Nc4ccc(C5CC5)o4)=NC(=N1)N32. The number of anilines is 5. The average molecular weight is 731 g/mol. The molecule has 0 bridgehead atoms. The van der Waals surface area contributed by atoms with Crippen LogP contribution in [0.25, 0.3) is 5.70 Å². The van der Waals surface area contributed by atoms with E-state index in [-0.39, 0.29) is 0 Å². The van der Waals surface area contributed by atoms with Crippen LogP contribution < -0.4 is 15.5 Å². The third-order valence-electron chi connectivity index (χ3n) is 12.1. The molecule has 4 aromatic rings. The van der Waals surface area contributed by atoms with Crippen molar-refractivity contribution < 1.29 is 8.83 Å². The lowest BCUT2D eigenvalue weighted by Crippen LogP contribution is -2.40. The van der Waals surface area contributed by atoms with Gasteiger partial charge in [-0.25, -0.2) is 24.9 Å². The predicted octanol–water partition coefficient (Wildman–Crippen LogP) is 10.9. The number of furan rings is 2. The Balaban J connectivity index is 0.976. The molecule has 6 heterocycles. The average Bonchev–Trinajstić information content (AvgIpc) is 4.17. The number of aliphatic imine (C=N–C) groups is 4. The van der Waals surface area contributed by atoms with Crippen LogP contribution in [0.3, 0.4) is 0 Å². The normalized spacial score (nSPS) is 21.0. The third-order valence-corrected chi connectivity index (χ3v) is 12.1. The van der Waals surface area contributed by atoms with Crippen LogP contribution in [-0.4, -0.2) is 42.0 Å². The first-order chi connectivity index (χ1) is 27.2. The number of benzene rings is 2. The summed E-state index contributed by atoms with van der Waals surface area (Å²) < 4.78 is 12.6. The Bertz CT molecular complexity index is 2220. The van der Waals surface area contributed by atoms with Crippen molar-refractivity contribution in [2.75, 3.05) is 28.6 Å². The number of guanidine groups is 2. The van der Waals surface area contributed by atoms with Crippen molar-refractivity contribution >= 4 is 58.5 Å². The van der Waals surface area contributed by atoms with Gasteiger partial charge in [0.15, 0.2) is 11.8 Å². The largest absolute Gasteiger partial charge is 0.445 e. The van der Waals surface area contributed by atoms with Gasteiger partial charge < -0.3 is 24.4 Å². The first-order valence-corrected chi connectivity index (χ1v) is 20.5. The lowest BCUT2D eigenvalue weighted by molar-refractivity contribution is 0.443. The van der Waals surface area contributed by atoms with Gasteiger partial charge in [0.25, 0.3) is 0 Å². The highest BCUT2D eigenvalue weighted by molar-refractivity contribution is 6.24. The van der Waals surface area contributed by atoms with E-state index in [1.807, 2.05) is 4.90 Å². The predicted molar refractivity (Wildman–Crippen MR) is 221 cm³/mol. The van der Waals surface area contributed by atoms with Crippen LogP contribution in [0.5, 0.6) is 0 Å². The zero-order valence-corrected chi connectivity index (χ0v) is 31.1. The van der Waals surface area contributed by atoms with E-state index in [4.69, 9.17) is 18.8 Å². The molecule has 0 radical (unpaired) electrons. The monoisotopic (exact) mass is 730 g/mol. The fraction of sp³-hybridized carbons (Fsp3) is 0.378. The lowest BCUT2D eigenvalue weighted by atomic mass is 9.83. The molecule has 0 unspecified atom stereocenters. The topological polar surface area (TPSA) is 106 Å². The molecule has 10 nitrogen and oxygen atoms in total. The molecule has 2 N–H and O–H groups in total. The summed E-state index contributed by atoms with van der Waals surface area (Å²) >= 11 is 0. The smallest absolute Gasteiger partial charge is 0.239 e. The summed E-state index contributed by atoms with van der Waals surface area (Å²) in [5.41, 5.74) is 9.05. The molecule has 278 valence electrons. The van der Waals surface area contributed by atoms with Gasteiger partial charge in [-0.1, -0.05) is 31.4 Å². The molecule has 0 atom stereocenters. The molecule has 3 saturated carbocycles. The van der Waals surface area contributed by atoms with Crippen molar-refractivity contribution in [3.8, 4) is 0 Å². The van der Waals surface area contributed by atoms with Gasteiger partial charge >= 0.3 is 0 Å². The summed E-state index contributed by atoms with van der Waals surface area (Å²) in [6.45, 7) is 2.13. The van der Waals surface area contributed by atoms with Gasteiger partial charge in [-0.05, 0) is 118 Å². The minimum atomic E-state index is 0.542. The lowest BCUT2D eigenvalue weighted by Gasteiger charge is -2.32. The van der Waals surface area contributed by atoms with Crippen molar-refractivity contribution in [3.05, 3.63) is 107 Å². The second kappa shape index (κ2) is 13.6. The highest BCUT2D eigenvalue weighted by atomic mass is 16.4. The van der Waals surface area contributed by atoms with Crippen molar-refractivity contribution in [2.45, 2.75) is 94.8 Å². The van der Waals surface area contributed by atoms with Crippen molar-refractivity contribution in [1.82, 2.24) is 4.90 Å². The maximum absolute atomic E-state index is 6.31. The molecule has 11 rings (SSSR count). The second-order valence-electron chi connectivity index (χ2n) is 16.1. The molecule has 2 aromatic heterocycles. The number of nitrogens with zero attached hydrogens (tertiary/aromatic N) is 6. The van der Waals surface area contributed by atoms with Gasteiger partial charge in [-0.2, -0.15) is 0 Å². The Kier molecular flexibility index (Phi) is 8.09. The summed E-state index contributed by atoms with van der Waals surface area (Å²) in [7, 11) is 0. The van der Waals surface area contributed by atoms with E-state index in [2.05, 4.69) is 98.3 Å². The standard InChI is InChI=1S/C45H46N8O2/c1-3-7-28(8-4-1)31-13-15-34(36(23-31)48-42-19-17-40(54-42)29-9-10-29)38-25-33-26-39(51-45-47-27-46-44(50-38)53(33)45)35-16-14-32(52-21-5-2-6-22-52)24-37(35)49-43-20-18-41(55-43)30-11-12-30/h13-20,23-30,48-49H,1-12,21-22H2. The maximum Gasteiger partial charge on any atom is 0.239 e. The molecule has 10 heteroatoms. The van der Waals surface area contributed by atoms with Gasteiger partial charge in [-0.15, -0.1) is 0 Å². The Labute approximate surface area is 321 Å². The van der Waals surface area contributed by atoms with Gasteiger partial charge in [-0.3, -0.25) is 0 Å². The van der Waals surface area contributed by atoms with E-state index in [1.165, 1.54) is 88.3 Å². The number of hydrogen-bond donors (Lipinski definition) is 2. The van der Waals surface area contributed by atoms with Crippen LogP contribution in [0.2, 0.25) is 0 Å². The maximum atomic E-state index is 6.31. The Morgan fingerprint density at radius 3 is 2.02 bits per heavy atom. The fourth-order valence-corrected chi connectivity index (χ4v) is 8.80. The van der Waals surface area contributed by atoms with Crippen LogP contribution >= 0.6 is 0 Å². The summed E-state index contributed by atoms with van der Waals surface area (Å²) in [4.78, 5) is 23.9. The number of piperidine rings is 1. The summed E-state index contributed by atoms with van der Waals surface area (Å²) in [5.74, 6) is 6.39. The molecule has 3 aliphatic carbocycles. The summed E-state index contributed by atoms with van der Waals surface area (Å²) in [6, 6.07) is 21.9. The van der Waals surface area contributed by atoms with Crippen LogP contribution in [0.15, 0.2) is 107 Å². The zero-order valence-electron chi connectivity index (χ0n) is 31.1. The minimum absolute atomic E-state index is 0.542. The van der Waals surface area contributed by atoms with E-state index in [9.17, 15) is 0 Å². The Morgan fingerprint density at radius 2 is 1.29 bits per heavy atom. The second-order valence-corrected chi connectivity index (χ2v) is 16.1. The molecule has 7 aliphatic rings. The molecule has 0 amide bonds. The molecule has 4 fully saturated rings. The summed E-state index contributed by atoms with van der Waals surface area (Å²) in [5, 5.41) is 7.32. The quantitative estimate of drug-likeness (QED) is 0.168. The Hall–Kier alpha value is -5.64. The number of rotatable bonds is 10. The van der Waals surface area contributed by atoms with Crippen LogP contribution in [0.4, 0.5) is 28.8 Å². The molecule has 2 aromatic carbocycles. The number of nitrogens with one attached hydrogen (secondary N) is 2. The van der Waals surface area contributed by atoms with Gasteiger partial charge in [0.1, 0.15) is 17.9 Å². The number of hydrogen-bond acceptors (Lipinski definition) is 10. The van der Waals surface area contributed by atoms with E-state index in [1.54, 1.807) is 6.34 Å². The van der Waals surface area contributed by atoms with Crippen molar-refractivity contribution in [1.29, 1.82) is 0 Å². The highest BCUT2D eigenvalue weighted by Crippen LogP contribution is 2.44. The third kappa shape index (κ3) is 6.51. The van der Waals surface area contributed by atoms with Gasteiger partial charge in [0, 0.05) is 53.9 Å². The molecule has 0 spiro atoms. The van der Waals surface area contributed by atoms with Crippen LogP contribution in [0.1, 0.15) is 123 Å². The van der Waals surface area contributed by atoms with Gasteiger partial charge in [0.05, 0.1) is 28.5 Å². The van der Waals surface area contributed by atoms with Crippen molar-refractivity contribution in [3.63, 3.8) is 0 Å². The highest BCUT2D eigenvalue weighted by Gasteiger charge is 2.33. The molecule has 55 heavy (non-hydrogen) atoms. The fourth-order valence-electron chi connectivity index (χ4n) is 8.80. The van der Waals surface area contributed by atoms with Gasteiger partial charge in [0.2, 0.25) is 11.9 Å². The van der Waals surface area contributed by atoms with E-state index >= 15 is 0 Å². The first kappa shape index (κ1) is 32.8. The number of allylic oxidation sites excluding steroid dienone is 2. The molecule has 4 aliphatic heterocycles. The first-order valence-electron chi connectivity index (χ1n) is 20.5. The van der Waals surface area contributed by atoms with E-state index in [0.717, 1.165) is 76.0 Å². The summed E-state index contributed by atoms with van der Waals surface area (Å²) in [6.07, 6.45) is 20.7. The van der Waals surface area contributed by atoms with E-state index < -0.39 is 0 Å².